The second kappa shape index (κ2) is 9.21. The lowest BCUT2D eigenvalue weighted by Gasteiger charge is -2.12. The molecule has 3 rings (SSSR count). The molecule has 5 heteroatoms. The van der Waals surface area contributed by atoms with E-state index in [9.17, 15) is 9.59 Å². The molecule has 1 aliphatic carbocycles. The van der Waals surface area contributed by atoms with Crippen LogP contribution in [-0.4, -0.2) is 31.5 Å². The van der Waals surface area contributed by atoms with Gasteiger partial charge >= 0.3 is 0 Å². The molecule has 1 fully saturated rings. The van der Waals surface area contributed by atoms with Gasteiger partial charge in [-0.05, 0) is 49.1 Å². The Kier molecular flexibility index (Phi) is 6.47. The lowest BCUT2D eigenvalue weighted by Crippen LogP contribution is -2.33. The van der Waals surface area contributed by atoms with Crippen LogP contribution < -0.4 is 15.4 Å². The summed E-state index contributed by atoms with van der Waals surface area (Å²) in [4.78, 5) is 24.8. The Morgan fingerprint density at radius 1 is 1.00 bits per heavy atom. The van der Waals surface area contributed by atoms with Gasteiger partial charge in [0.1, 0.15) is 5.75 Å². The van der Waals surface area contributed by atoms with Gasteiger partial charge in [0.15, 0.2) is 0 Å². The molecule has 27 heavy (non-hydrogen) atoms. The van der Waals surface area contributed by atoms with Crippen molar-refractivity contribution in [2.45, 2.75) is 38.1 Å². The van der Waals surface area contributed by atoms with Gasteiger partial charge in [0, 0.05) is 23.7 Å². The lowest BCUT2D eigenvalue weighted by molar-refractivity contribution is 0.0938. The largest absolute Gasteiger partial charge is 0.496 e. The van der Waals surface area contributed by atoms with Crippen molar-refractivity contribution in [3.8, 4) is 5.75 Å². The number of hydrogen-bond acceptors (Lipinski definition) is 3. The van der Waals surface area contributed by atoms with E-state index in [1.807, 2.05) is 24.3 Å². The average Bonchev–Trinajstić information content (AvgIpc) is 3.21. The Hall–Kier alpha value is -2.82. The summed E-state index contributed by atoms with van der Waals surface area (Å²) < 4.78 is 5.33. The average molecular weight is 366 g/mol. The van der Waals surface area contributed by atoms with Gasteiger partial charge in [-0.3, -0.25) is 9.59 Å². The number of ether oxygens (including phenoxy) is 1. The van der Waals surface area contributed by atoms with Gasteiger partial charge in [0.05, 0.1) is 7.11 Å². The molecule has 0 bridgehead atoms. The maximum Gasteiger partial charge on any atom is 0.251 e. The van der Waals surface area contributed by atoms with E-state index in [0.717, 1.165) is 24.2 Å². The van der Waals surface area contributed by atoms with Crippen LogP contribution in [-0.2, 0) is 6.42 Å². The summed E-state index contributed by atoms with van der Waals surface area (Å²) in [5.41, 5.74) is 2.07. The van der Waals surface area contributed by atoms with E-state index in [-0.39, 0.29) is 17.9 Å². The number of hydrogen-bond donors (Lipinski definition) is 2. The number of para-hydroxylation sites is 1. The molecule has 0 spiro atoms. The van der Waals surface area contributed by atoms with Crippen LogP contribution in [0.25, 0.3) is 0 Å². The molecule has 1 aliphatic rings. The van der Waals surface area contributed by atoms with Gasteiger partial charge in [0.25, 0.3) is 11.8 Å². The van der Waals surface area contributed by atoms with Crippen molar-refractivity contribution >= 4 is 11.8 Å². The van der Waals surface area contributed by atoms with Crippen molar-refractivity contribution in [1.82, 2.24) is 10.6 Å². The number of carbonyl (C=O) groups excluding carboxylic acids is 2. The summed E-state index contributed by atoms with van der Waals surface area (Å²) in [6.45, 7) is 0.498. The van der Waals surface area contributed by atoms with Crippen LogP contribution >= 0.6 is 0 Å². The molecule has 2 amide bonds. The smallest absolute Gasteiger partial charge is 0.251 e. The van der Waals surface area contributed by atoms with E-state index < -0.39 is 0 Å². The maximum atomic E-state index is 12.4. The van der Waals surface area contributed by atoms with Gasteiger partial charge in [-0.2, -0.15) is 0 Å². The highest BCUT2D eigenvalue weighted by atomic mass is 16.5. The van der Waals surface area contributed by atoms with Gasteiger partial charge < -0.3 is 15.4 Å². The third-order valence-corrected chi connectivity index (χ3v) is 4.95. The fraction of sp³-hybridized carbons (Fsp3) is 0.364. The van der Waals surface area contributed by atoms with Gasteiger partial charge in [-0.25, -0.2) is 0 Å². The van der Waals surface area contributed by atoms with E-state index in [4.69, 9.17) is 4.74 Å². The normalized spacial score (nSPS) is 14.0. The topological polar surface area (TPSA) is 67.4 Å². The zero-order valence-electron chi connectivity index (χ0n) is 15.7. The van der Waals surface area contributed by atoms with Crippen LogP contribution in [0.15, 0.2) is 48.5 Å². The molecule has 0 atom stereocenters. The molecular formula is C22H26N2O3. The molecule has 5 nitrogen and oxygen atoms in total. The predicted octanol–water partition coefficient (Wildman–Crippen LogP) is 3.34. The molecule has 142 valence electrons. The molecule has 0 aromatic heterocycles. The Morgan fingerprint density at radius 2 is 1.70 bits per heavy atom. The van der Waals surface area contributed by atoms with Crippen LogP contribution in [0.5, 0.6) is 5.75 Å². The highest BCUT2D eigenvalue weighted by Crippen LogP contribution is 2.19. The molecular weight excluding hydrogens is 340 g/mol. The number of nitrogens with one attached hydrogen (secondary N) is 2. The van der Waals surface area contributed by atoms with Gasteiger partial charge in [-0.1, -0.05) is 37.1 Å². The van der Waals surface area contributed by atoms with E-state index in [1.165, 1.54) is 12.8 Å². The van der Waals surface area contributed by atoms with Gasteiger partial charge in [-0.15, -0.1) is 0 Å². The first-order valence-electron chi connectivity index (χ1n) is 9.48. The van der Waals surface area contributed by atoms with Crippen molar-refractivity contribution in [1.29, 1.82) is 0 Å². The zero-order valence-corrected chi connectivity index (χ0v) is 15.7. The quantitative estimate of drug-likeness (QED) is 0.790. The first-order valence-corrected chi connectivity index (χ1v) is 9.48. The zero-order chi connectivity index (χ0) is 19.1. The lowest BCUT2D eigenvalue weighted by atomic mass is 10.1. The molecule has 0 aliphatic heterocycles. The Bertz CT molecular complexity index is 798. The Balaban J connectivity index is 1.56. The highest BCUT2D eigenvalue weighted by molar-refractivity contribution is 5.99. The number of methoxy groups -OCH3 is 1. The number of carbonyl (C=O) groups is 2. The maximum absolute atomic E-state index is 12.4. The molecule has 0 saturated heterocycles. The summed E-state index contributed by atoms with van der Waals surface area (Å²) in [6.07, 6.45) is 5.08. The van der Waals surface area contributed by atoms with E-state index in [1.54, 1.807) is 31.4 Å². The van der Waals surface area contributed by atoms with E-state index >= 15 is 0 Å². The fourth-order valence-electron chi connectivity index (χ4n) is 3.46. The monoisotopic (exact) mass is 366 g/mol. The first kappa shape index (κ1) is 19.0. The Labute approximate surface area is 160 Å². The molecule has 2 N–H and O–H groups in total. The summed E-state index contributed by atoms with van der Waals surface area (Å²) in [6, 6.07) is 14.9. The minimum atomic E-state index is -0.180. The molecule has 0 heterocycles. The van der Waals surface area contributed by atoms with E-state index in [2.05, 4.69) is 10.6 Å². The van der Waals surface area contributed by atoms with Crippen molar-refractivity contribution in [2.24, 2.45) is 0 Å². The summed E-state index contributed by atoms with van der Waals surface area (Å²) in [5.74, 6) is 0.531. The van der Waals surface area contributed by atoms with Crippen LogP contribution in [0.3, 0.4) is 0 Å². The predicted molar refractivity (Wildman–Crippen MR) is 105 cm³/mol. The van der Waals surface area contributed by atoms with Crippen molar-refractivity contribution in [3.05, 3.63) is 65.2 Å². The summed E-state index contributed by atoms with van der Waals surface area (Å²) in [7, 11) is 1.64. The standard InChI is InChI=1S/C22H26N2O3/c1-27-20-12-5-2-7-16(20)13-14-23-21(25)17-8-6-9-18(15-17)22(26)24-19-10-3-4-11-19/h2,5-9,12,15,19H,3-4,10-11,13-14H2,1H3,(H,23,25)(H,24,26). The number of rotatable bonds is 7. The van der Waals surface area contributed by atoms with Gasteiger partial charge in [0.2, 0.25) is 0 Å². The minimum absolute atomic E-state index is 0.106. The third kappa shape index (κ3) is 5.09. The second-order valence-corrected chi connectivity index (χ2v) is 6.85. The van der Waals surface area contributed by atoms with Crippen molar-refractivity contribution in [3.63, 3.8) is 0 Å². The summed E-state index contributed by atoms with van der Waals surface area (Å²) in [5, 5.41) is 5.97. The van der Waals surface area contributed by atoms with Crippen molar-refractivity contribution in [2.75, 3.05) is 13.7 Å². The van der Waals surface area contributed by atoms with Crippen molar-refractivity contribution < 1.29 is 14.3 Å². The summed E-state index contributed by atoms with van der Waals surface area (Å²) >= 11 is 0. The second-order valence-electron chi connectivity index (χ2n) is 6.85. The minimum Gasteiger partial charge on any atom is -0.496 e. The highest BCUT2D eigenvalue weighted by Gasteiger charge is 2.18. The molecule has 1 saturated carbocycles. The first-order chi connectivity index (χ1) is 13.2. The number of benzene rings is 2. The van der Waals surface area contributed by atoms with Crippen LogP contribution in [0.2, 0.25) is 0 Å². The molecule has 0 unspecified atom stereocenters. The molecule has 0 radical (unpaired) electrons. The number of amides is 2. The molecule has 2 aromatic carbocycles. The van der Waals surface area contributed by atoms with Crippen LogP contribution in [0.4, 0.5) is 0 Å². The third-order valence-electron chi connectivity index (χ3n) is 4.95. The Morgan fingerprint density at radius 3 is 2.44 bits per heavy atom. The fourth-order valence-corrected chi connectivity index (χ4v) is 3.46. The van der Waals surface area contributed by atoms with Crippen LogP contribution in [0, 0.1) is 0 Å². The van der Waals surface area contributed by atoms with Crippen LogP contribution in [0.1, 0.15) is 52.0 Å². The molecule has 2 aromatic rings. The van der Waals surface area contributed by atoms with E-state index in [0.29, 0.717) is 24.1 Å². The SMILES string of the molecule is COc1ccccc1CCNC(=O)c1cccc(C(=O)NC2CCCC2)c1.